The Morgan fingerprint density at radius 2 is 1.96 bits per heavy atom. The van der Waals surface area contributed by atoms with Gasteiger partial charge in [-0.05, 0) is 0 Å². The van der Waals surface area contributed by atoms with Crippen molar-refractivity contribution in [2.24, 2.45) is 7.05 Å². The minimum Gasteiger partial charge on any atom is -0.492 e. The van der Waals surface area contributed by atoms with Gasteiger partial charge in [-0.15, -0.1) is 0 Å². The molecule has 0 saturated heterocycles. The van der Waals surface area contributed by atoms with Gasteiger partial charge in [0, 0.05) is 12.6 Å². The maximum atomic E-state index is 12.6. The lowest BCUT2D eigenvalue weighted by Crippen LogP contribution is -2.18. The maximum Gasteiger partial charge on any atom is 0.274 e. The highest BCUT2D eigenvalue weighted by Crippen LogP contribution is 2.27. The molecule has 4 N–H and O–H groups in total. The van der Waals surface area contributed by atoms with Crippen molar-refractivity contribution in [3.63, 3.8) is 0 Å². The Morgan fingerprint density at radius 1 is 1.22 bits per heavy atom. The number of carbonyl (C=O) groups excluding carboxylic acids is 1. The average molecular weight is 310 g/mol. The summed E-state index contributed by atoms with van der Waals surface area (Å²) in [6.45, 7) is 0. The third-order valence-electron chi connectivity index (χ3n) is 3.29. The van der Waals surface area contributed by atoms with Crippen LogP contribution in [-0.4, -0.2) is 30.5 Å². The second-order valence-corrected chi connectivity index (χ2v) is 4.83. The van der Waals surface area contributed by atoms with Crippen molar-refractivity contribution in [3.05, 3.63) is 48.7 Å². The van der Waals surface area contributed by atoms with Crippen LogP contribution < -0.4 is 11.1 Å². The molecule has 0 bridgehead atoms. The molecule has 23 heavy (non-hydrogen) atoms. The second-order valence-electron chi connectivity index (χ2n) is 4.83. The van der Waals surface area contributed by atoms with Gasteiger partial charge in [-0.25, -0.2) is 9.97 Å². The first-order valence-corrected chi connectivity index (χ1v) is 6.75. The van der Waals surface area contributed by atoms with Gasteiger partial charge >= 0.3 is 0 Å². The number of imidazole rings is 1. The highest BCUT2D eigenvalue weighted by Gasteiger charge is 2.21. The molecule has 0 aliphatic heterocycles. The zero-order valence-corrected chi connectivity index (χ0v) is 12.3. The van der Waals surface area contributed by atoms with Gasteiger partial charge < -0.3 is 20.7 Å². The van der Waals surface area contributed by atoms with E-state index in [1.807, 2.05) is 30.3 Å². The standard InChI is InChI=1S/C15H14N6O2/c1-21-8-19-10(9-5-3-2-4-6-9)12(21)15(23)20-11-13(16)17-7-18-14(11)22/h2-8H,1H3,(H,20,23)(H3,16,17,18,22). The first-order valence-electron chi connectivity index (χ1n) is 6.75. The average Bonchev–Trinajstić information content (AvgIpc) is 2.93. The molecule has 8 heteroatoms. The Bertz CT molecular complexity index is 839. The molecule has 1 aromatic carbocycles. The van der Waals surface area contributed by atoms with Crippen molar-refractivity contribution in [1.29, 1.82) is 0 Å². The Morgan fingerprint density at radius 3 is 2.65 bits per heavy atom. The van der Waals surface area contributed by atoms with Crippen LogP contribution in [0.15, 0.2) is 43.0 Å². The van der Waals surface area contributed by atoms with Crippen molar-refractivity contribution >= 4 is 17.4 Å². The Balaban J connectivity index is 1.99. The number of hydrogen-bond acceptors (Lipinski definition) is 6. The van der Waals surface area contributed by atoms with E-state index in [4.69, 9.17) is 5.73 Å². The van der Waals surface area contributed by atoms with Gasteiger partial charge in [0.2, 0.25) is 5.88 Å². The summed E-state index contributed by atoms with van der Waals surface area (Å²) in [4.78, 5) is 24.2. The molecule has 116 valence electrons. The minimum absolute atomic E-state index is 0.0192. The van der Waals surface area contributed by atoms with Crippen LogP contribution in [0.25, 0.3) is 11.3 Å². The highest BCUT2D eigenvalue weighted by atomic mass is 16.3. The summed E-state index contributed by atoms with van der Waals surface area (Å²) >= 11 is 0. The lowest BCUT2D eigenvalue weighted by Gasteiger charge is -2.10. The van der Waals surface area contributed by atoms with Crippen molar-refractivity contribution in [1.82, 2.24) is 19.5 Å². The SMILES string of the molecule is Cn1cnc(-c2ccccc2)c1C(=O)Nc1c(N)ncnc1O. The number of nitrogens with zero attached hydrogens (tertiary/aromatic N) is 4. The van der Waals surface area contributed by atoms with E-state index in [1.165, 1.54) is 0 Å². The van der Waals surface area contributed by atoms with Crippen molar-refractivity contribution in [2.75, 3.05) is 11.1 Å². The molecule has 3 rings (SSSR count). The lowest BCUT2D eigenvalue weighted by atomic mass is 10.1. The number of nitrogen functional groups attached to an aromatic ring is 1. The molecule has 0 spiro atoms. The highest BCUT2D eigenvalue weighted by molar-refractivity contribution is 6.08. The van der Waals surface area contributed by atoms with Crippen LogP contribution in [0.2, 0.25) is 0 Å². The molecule has 0 saturated carbocycles. The Hall–Kier alpha value is -3.42. The normalized spacial score (nSPS) is 10.5. The molecule has 0 atom stereocenters. The fraction of sp³-hybridized carbons (Fsp3) is 0.0667. The summed E-state index contributed by atoms with van der Waals surface area (Å²) in [6.07, 6.45) is 2.65. The first kappa shape index (κ1) is 14.5. The smallest absolute Gasteiger partial charge is 0.274 e. The lowest BCUT2D eigenvalue weighted by molar-refractivity contribution is 0.101. The van der Waals surface area contributed by atoms with Crippen LogP contribution in [0.4, 0.5) is 11.5 Å². The molecule has 2 heterocycles. The summed E-state index contributed by atoms with van der Waals surface area (Å²) in [6, 6.07) is 9.32. The van der Waals surface area contributed by atoms with Crippen LogP contribution in [-0.2, 0) is 7.05 Å². The van der Waals surface area contributed by atoms with Gasteiger partial charge in [-0.1, -0.05) is 30.3 Å². The van der Waals surface area contributed by atoms with Gasteiger partial charge in [0.1, 0.15) is 23.4 Å². The van der Waals surface area contributed by atoms with E-state index >= 15 is 0 Å². The zero-order chi connectivity index (χ0) is 16.4. The Kier molecular flexibility index (Phi) is 3.63. The molecule has 0 fully saturated rings. The molecule has 0 radical (unpaired) electrons. The van der Waals surface area contributed by atoms with E-state index in [0.717, 1.165) is 11.9 Å². The van der Waals surface area contributed by atoms with E-state index in [0.29, 0.717) is 11.4 Å². The summed E-state index contributed by atoms with van der Waals surface area (Å²) in [5.74, 6) is -0.885. The van der Waals surface area contributed by atoms with Gasteiger partial charge in [0.25, 0.3) is 5.91 Å². The molecule has 0 aliphatic carbocycles. The van der Waals surface area contributed by atoms with E-state index in [1.54, 1.807) is 17.9 Å². The first-order chi connectivity index (χ1) is 11.1. The molecule has 8 nitrogen and oxygen atoms in total. The third-order valence-corrected chi connectivity index (χ3v) is 3.29. The van der Waals surface area contributed by atoms with Crippen molar-refractivity contribution in [2.45, 2.75) is 0 Å². The molecular weight excluding hydrogens is 296 g/mol. The molecule has 0 aliphatic rings. The van der Waals surface area contributed by atoms with Gasteiger partial charge in [0.05, 0.1) is 6.33 Å². The van der Waals surface area contributed by atoms with E-state index in [9.17, 15) is 9.90 Å². The van der Waals surface area contributed by atoms with Crippen LogP contribution >= 0.6 is 0 Å². The predicted molar refractivity (Wildman–Crippen MR) is 84.7 cm³/mol. The molecular formula is C15H14N6O2. The number of benzene rings is 1. The molecule has 3 aromatic rings. The van der Waals surface area contributed by atoms with Crippen LogP contribution in [0.3, 0.4) is 0 Å². The summed E-state index contributed by atoms with van der Waals surface area (Å²) in [5.41, 5.74) is 7.30. The topological polar surface area (TPSA) is 119 Å². The maximum absolute atomic E-state index is 12.6. The number of amides is 1. The zero-order valence-electron chi connectivity index (χ0n) is 12.3. The second kappa shape index (κ2) is 5.76. The third kappa shape index (κ3) is 2.69. The number of hydrogen-bond donors (Lipinski definition) is 3. The number of aromatic nitrogens is 4. The number of nitrogens with one attached hydrogen (secondary N) is 1. The minimum atomic E-state index is -0.472. The molecule has 1 amide bonds. The predicted octanol–water partition coefficient (Wildman–Crippen LogP) is 1.42. The number of carbonyl (C=O) groups is 1. The van der Waals surface area contributed by atoms with Gasteiger partial charge in [-0.3, -0.25) is 4.79 Å². The fourth-order valence-electron chi connectivity index (χ4n) is 2.19. The summed E-state index contributed by atoms with van der Waals surface area (Å²) < 4.78 is 1.59. The van der Waals surface area contributed by atoms with Crippen LogP contribution in [0, 0.1) is 0 Å². The number of aromatic hydroxyl groups is 1. The van der Waals surface area contributed by atoms with Crippen LogP contribution in [0.1, 0.15) is 10.5 Å². The Labute approximate surface area is 131 Å². The number of aryl methyl sites for hydroxylation is 1. The summed E-state index contributed by atoms with van der Waals surface area (Å²) in [5, 5.41) is 12.3. The number of rotatable bonds is 3. The van der Waals surface area contributed by atoms with Gasteiger partial charge in [-0.2, -0.15) is 4.98 Å². The largest absolute Gasteiger partial charge is 0.492 e. The van der Waals surface area contributed by atoms with E-state index < -0.39 is 11.8 Å². The quantitative estimate of drug-likeness (QED) is 0.673. The number of anilines is 2. The number of nitrogens with two attached hydrogens (primary N) is 1. The van der Waals surface area contributed by atoms with Gasteiger partial charge in [0.15, 0.2) is 5.82 Å². The monoisotopic (exact) mass is 310 g/mol. The molecule has 2 aromatic heterocycles. The van der Waals surface area contributed by atoms with E-state index in [-0.39, 0.29) is 11.5 Å². The summed E-state index contributed by atoms with van der Waals surface area (Å²) in [7, 11) is 1.71. The fourth-order valence-corrected chi connectivity index (χ4v) is 2.19. The molecule has 0 unspecified atom stereocenters. The van der Waals surface area contributed by atoms with Crippen LogP contribution in [0.5, 0.6) is 5.88 Å². The van der Waals surface area contributed by atoms with Crippen molar-refractivity contribution in [3.8, 4) is 17.1 Å². The van der Waals surface area contributed by atoms with E-state index in [2.05, 4.69) is 20.3 Å². The van der Waals surface area contributed by atoms with Crippen molar-refractivity contribution < 1.29 is 9.90 Å².